The second kappa shape index (κ2) is 8.99. The van der Waals surface area contributed by atoms with Crippen LogP contribution < -0.4 is 4.74 Å². The van der Waals surface area contributed by atoms with Crippen molar-refractivity contribution in [1.29, 1.82) is 0 Å². The van der Waals surface area contributed by atoms with Gasteiger partial charge in [0.1, 0.15) is 23.9 Å². The van der Waals surface area contributed by atoms with E-state index >= 15 is 0 Å². The number of allylic oxidation sites excluding steroid dienone is 1. The summed E-state index contributed by atoms with van der Waals surface area (Å²) in [5.74, 6) is 1.01. The predicted octanol–water partition coefficient (Wildman–Crippen LogP) is 6.73. The number of phenols is 1. The molecule has 4 rings (SSSR count). The van der Waals surface area contributed by atoms with Crippen molar-refractivity contribution in [3.05, 3.63) is 87.4 Å². The van der Waals surface area contributed by atoms with Crippen molar-refractivity contribution < 1.29 is 14.9 Å². The number of hydrogen-bond donors (Lipinski definition) is 2. The molecule has 0 saturated heterocycles. The molecule has 6 heteroatoms. The second-order valence-corrected chi connectivity index (χ2v) is 8.14. The Morgan fingerprint density at radius 3 is 2.33 bits per heavy atom. The maximum atomic E-state index is 10.3. The summed E-state index contributed by atoms with van der Waals surface area (Å²) in [7, 11) is 0. The molecule has 1 saturated carbocycles. The van der Waals surface area contributed by atoms with Gasteiger partial charge >= 0.3 is 0 Å². The maximum Gasteiger partial charge on any atom is 0.145 e. The van der Waals surface area contributed by atoms with Crippen LogP contribution in [-0.4, -0.2) is 21.8 Å². The zero-order chi connectivity index (χ0) is 21.1. The largest absolute Gasteiger partial charge is 0.509 e. The highest BCUT2D eigenvalue weighted by Gasteiger charge is 2.16. The van der Waals surface area contributed by atoms with Crippen LogP contribution in [0.15, 0.2) is 66.2 Å². The number of aromatic nitrogens is 1. The first-order valence-corrected chi connectivity index (χ1v) is 10.5. The van der Waals surface area contributed by atoms with Gasteiger partial charge in [0.15, 0.2) is 0 Å². The lowest BCUT2D eigenvalue weighted by Crippen LogP contribution is -2.09. The molecule has 0 radical (unpaired) electrons. The number of rotatable bonds is 6. The van der Waals surface area contributed by atoms with Crippen molar-refractivity contribution in [3.8, 4) is 22.6 Å². The molecule has 1 fully saturated rings. The lowest BCUT2D eigenvalue weighted by atomic mass is 9.91. The van der Waals surface area contributed by atoms with Crippen molar-refractivity contribution in [2.45, 2.75) is 25.7 Å². The average Bonchev–Trinajstić information content (AvgIpc) is 2.69. The number of ether oxygens (including phenoxy) is 1. The maximum absolute atomic E-state index is 10.3. The van der Waals surface area contributed by atoms with E-state index in [9.17, 15) is 10.2 Å². The van der Waals surface area contributed by atoms with E-state index in [4.69, 9.17) is 27.9 Å². The Bertz CT molecular complexity index is 1070. The van der Waals surface area contributed by atoms with E-state index in [1.165, 1.54) is 0 Å². The third-order valence-electron chi connectivity index (χ3n) is 5.29. The summed E-state index contributed by atoms with van der Waals surface area (Å²) >= 11 is 13.0. The van der Waals surface area contributed by atoms with Gasteiger partial charge in [0.25, 0.3) is 0 Å². The molecule has 1 aromatic heterocycles. The molecule has 2 N–H and O–H groups in total. The molecular weight excluding hydrogens is 421 g/mol. The molecule has 1 aliphatic carbocycles. The minimum atomic E-state index is 0.120. The van der Waals surface area contributed by atoms with E-state index in [0.29, 0.717) is 28.0 Å². The first-order chi connectivity index (χ1) is 14.5. The number of aliphatic hydroxyl groups excluding tert-OH is 1. The summed E-state index contributed by atoms with van der Waals surface area (Å²) in [6.07, 6.45) is 6.87. The molecule has 0 bridgehead atoms. The minimum absolute atomic E-state index is 0.120. The zero-order valence-corrected chi connectivity index (χ0v) is 17.7. The molecule has 0 amide bonds. The summed E-state index contributed by atoms with van der Waals surface area (Å²) < 4.78 is 5.67. The fraction of sp³-hybridized carbons (Fsp3) is 0.208. The van der Waals surface area contributed by atoms with Crippen LogP contribution >= 0.6 is 23.2 Å². The van der Waals surface area contributed by atoms with Gasteiger partial charge < -0.3 is 14.9 Å². The summed E-state index contributed by atoms with van der Waals surface area (Å²) in [6.45, 7) is 0.120. The molecule has 0 atom stereocenters. The van der Waals surface area contributed by atoms with Crippen molar-refractivity contribution >= 4 is 23.2 Å². The van der Waals surface area contributed by atoms with Gasteiger partial charge in [-0.1, -0.05) is 29.3 Å². The number of halogens is 2. The number of aromatic hydroxyl groups is 1. The second-order valence-electron chi connectivity index (χ2n) is 7.32. The van der Waals surface area contributed by atoms with Crippen LogP contribution in [0, 0.1) is 0 Å². The van der Waals surface area contributed by atoms with Crippen LogP contribution in [-0.2, 0) is 6.42 Å². The van der Waals surface area contributed by atoms with Gasteiger partial charge in [-0.05, 0) is 77.9 Å². The van der Waals surface area contributed by atoms with Gasteiger partial charge in [-0.2, -0.15) is 0 Å². The first kappa shape index (κ1) is 20.6. The average molecular weight is 442 g/mol. The molecule has 1 aliphatic rings. The molecular formula is C24H21Cl2NO3. The van der Waals surface area contributed by atoms with E-state index in [1.54, 1.807) is 30.6 Å². The molecule has 0 aliphatic heterocycles. The van der Waals surface area contributed by atoms with Crippen molar-refractivity contribution in [2.24, 2.45) is 0 Å². The van der Waals surface area contributed by atoms with Gasteiger partial charge in [0.2, 0.25) is 0 Å². The molecule has 4 nitrogen and oxygen atoms in total. The lowest BCUT2D eigenvalue weighted by Gasteiger charge is -2.19. The van der Waals surface area contributed by atoms with Gasteiger partial charge in [-0.3, -0.25) is 4.98 Å². The molecule has 30 heavy (non-hydrogen) atoms. The number of pyridine rings is 1. The Morgan fingerprint density at radius 1 is 1.00 bits per heavy atom. The summed E-state index contributed by atoms with van der Waals surface area (Å²) in [4.78, 5) is 4.02. The topological polar surface area (TPSA) is 62.6 Å². The third kappa shape index (κ3) is 4.55. The fourth-order valence-corrected chi connectivity index (χ4v) is 3.99. The number of aliphatic hydroxyl groups is 1. The Labute approximate surface area is 185 Å². The normalized spacial score (nSPS) is 13.1. The van der Waals surface area contributed by atoms with Crippen LogP contribution in [0.5, 0.6) is 11.5 Å². The van der Waals surface area contributed by atoms with E-state index in [1.807, 2.05) is 24.3 Å². The van der Waals surface area contributed by atoms with E-state index < -0.39 is 0 Å². The highest BCUT2D eigenvalue weighted by atomic mass is 35.5. The third-order valence-corrected chi connectivity index (χ3v) is 5.96. The van der Waals surface area contributed by atoms with Crippen molar-refractivity contribution in [2.75, 3.05) is 6.61 Å². The Kier molecular flexibility index (Phi) is 6.16. The monoisotopic (exact) mass is 441 g/mol. The van der Waals surface area contributed by atoms with Crippen molar-refractivity contribution in [1.82, 2.24) is 4.98 Å². The highest BCUT2D eigenvalue weighted by Crippen LogP contribution is 2.35. The standard InChI is InChI=1S/C24H21Cl2NO3/c25-21-12-18(30-14-24(29)17-2-1-3-17)13-22(26)20(21)11-15-4-5-23(28)19(10-15)16-6-8-27-9-7-16/h4-10,12-13,28-29H,1-3,11,14H2. The summed E-state index contributed by atoms with van der Waals surface area (Å²) in [6, 6.07) is 12.6. The molecule has 2 aromatic carbocycles. The number of benzene rings is 2. The van der Waals surface area contributed by atoms with E-state index in [0.717, 1.165) is 47.1 Å². The van der Waals surface area contributed by atoms with Crippen LogP contribution in [0.1, 0.15) is 30.4 Å². The lowest BCUT2D eigenvalue weighted by molar-refractivity contribution is 0.260. The van der Waals surface area contributed by atoms with Gasteiger partial charge in [-0.15, -0.1) is 0 Å². The smallest absolute Gasteiger partial charge is 0.145 e. The first-order valence-electron chi connectivity index (χ1n) is 9.74. The predicted molar refractivity (Wildman–Crippen MR) is 120 cm³/mol. The molecule has 154 valence electrons. The number of hydrogen-bond acceptors (Lipinski definition) is 4. The quantitative estimate of drug-likeness (QED) is 0.416. The van der Waals surface area contributed by atoms with Crippen LogP contribution in [0.25, 0.3) is 11.1 Å². The minimum Gasteiger partial charge on any atom is -0.509 e. The van der Waals surface area contributed by atoms with Crippen LogP contribution in [0.4, 0.5) is 0 Å². The highest BCUT2D eigenvalue weighted by molar-refractivity contribution is 6.36. The molecule has 3 aromatic rings. The van der Waals surface area contributed by atoms with Crippen LogP contribution in [0.3, 0.4) is 0 Å². The molecule has 0 spiro atoms. The Morgan fingerprint density at radius 2 is 1.70 bits per heavy atom. The number of phenolic OH excluding ortho intramolecular Hbond substituents is 1. The SMILES string of the molecule is OC(COc1cc(Cl)c(Cc2ccc(O)c(-c3ccncc3)c2)c(Cl)c1)=C1CCC1. The summed E-state index contributed by atoms with van der Waals surface area (Å²) in [5.41, 5.74) is 4.40. The number of nitrogens with zero attached hydrogens (tertiary/aromatic N) is 1. The van der Waals surface area contributed by atoms with E-state index in [2.05, 4.69) is 4.98 Å². The van der Waals surface area contributed by atoms with Gasteiger partial charge in [0, 0.05) is 34.4 Å². The van der Waals surface area contributed by atoms with Crippen molar-refractivity contribution in [3.63, 3.8) is 0 Å². The fourth-order valence-electron chi connectivity index (χ4n) is 3.39. The van der Waals surface area contributed by atoms with E-state index in [-0.39, 0.29) is 12.4 Å². The Balaban J connectivity index is 1.53. The van der Waals surface area contributed by atoms with Gasteiger partial charge in [0.05, 0.1) is 0 Å². The summed E-state index contributed by atoms with van der Waals surface area (Å²) in [5, 5.41) is 21.3. The Hall–Kier alpha value is -2.69. The molecule has 1 heterocycles. The zero-order valence-electron chi connectivity index (χ0n) is 16.2. The van der Waals surface area contributed by atoms with Crippen LogP contribution in [0.2, 0.25) is 10.0 Å². The van der Waals surface area contributed by atoms with Gasteiger partial charge in [-0.25, -0.2) is 0 Å². The molecule has 0 unspecified atom stereocenters.